The first-order valence-corrected chi connectivity index (χ1v) is 7.38. The molecule has 0 aliphatic heterocycles. The van der Waals surface area contributed by atoms with E-state index in [2.05, 4.69) is 52.4 Å². The van der Waals surface area contributed by atoms with Crippen LogP contribution in [0.3, 0.4) is 0 Å². The van der Waals surface area contributed by atoms with Crippen molar-refractivity contribution in [1.82, 2.24) is 9.97 Å². The first kappa shape index (κ1) is 14.9. The number of nitrogens with zero attached hydrogens (tertiary/aromatic N) is 2. The Labute approximate surface area is 132 Å². The zero-order chi connectivity index (χ0) is 14.7. The SMILES string of the molecule is C/C(=N/Nc1nc(C)cc(=O)[nH]1)c1ccc(Br)cc1Br. The lowest BCUT2D eigenvalue weighted by molar-refractivity contribution is 1.04. The van der Waals surface area contributed by atoms with Crippen LogP contribution in [0.1, 0.15) is 18.2 Å². The molecule has 0 unspecified atom stereocenters. The first-order valence-electron chi connectivity index (χ1n) is 5.79. The first-order chi connectivity index (χ1) is 9.45. The molecule has 0 fully saturated rings. The largest absolute Gasteiger partial charge is 0.291 e. The van der Waals surface area contributed by atoms with Crippen molar-refractivity contribution in [2.45, 2.75) is 13.8 Å². The molecule has 1 aromatic carbocycles. The summed E-state index contributed by atoms with van der Waals surface area (Å²) in [6.07, 6.45) is 0. The van der Waals surface area contributed by atoms with E-state index in [0.717, 1.165) is 20.2 Å². The lowest BCUT2D eigenvalue weighted by atomic mass is 10.1. The van der Waals surface area contributed by atoms with Crippen molar-refractivity contribution in [3.05, 3.63) is 54.8 Å². The summed E-state index contributed by atoms with van der Waals surface area (Å²) in [6, 6.07) is 7.25. The van der Waals surface area contributed by atoms with E-state index >= 15 is 0 Å². The Balaban J connectivity index is 2.24. The molecule has 0 aliphatic rings. The van der Waals surface area contributed by atoms with Crippen molar-refractivity contribution in [3.8, 4) is 0 Å². The Morgan fingerprint density at radius 1 is 1.35 bits per heavy atom. The number of aryl methyl sites for hydroxylation is 1. The maximum atomic E-state index is 11.3. The van der Waals surface area contributed by atoms with Crippen LogP contribution in [-0.2, 0) is 0 Å². The number of benzene rings is 1. The highest BCUT2D eigenvalue weighted by atomic mass is 79.9. The Morgan fingerprint density at radius 3 is 2.75 bits per heavy atom. The van der Waals surface area contributed by atoms with Gasteiger partial charge in [0.15, 0.2) is 0 Å². The molecular weight excluding hydrogens is 388 g/mol. The van der Waals surface area contributed by atoms with Gasteiger partial charge >= 0.3 is 0 Å². The molecule has 1 heterocycles. The molecule has 0 saturated carbocycles. The van der Waals surface area contributed by atoms with Gasteiger partial charge in [0.05, 0.1) is 5.71 Å². The van der Waals surface area contributed by atoms with Gasteiger partial charge in [-0.15, -0.1) is 0 Å². The molecule has 0 radical (unpaired) electrons. The van der Waals surface area contributed by atoms with E-state index in [1.807, 2.05) is 25.1 Å². The number of hydrogen-bond donors (Lipinski definition) is 2. The van der Waals surface area contributed by atoms with E-state index < -0.39 is 0 Å². The average molecular weight is 400 g/mol. The fourth-order valence-electron chi connectivity index (χ4n) is 1.61. The van der Waals surface area contributed by atoms with Gasteiger partial charge in [0.1, 0.15) is 0 Å². The van der Waals surface area contributed by atoms with Crippen molar-refractivity contribution < 1.29 is 0 Å². The Kier molecular flexibility index (Phi) is 4.72. The number of halogens is 2. The van der Waals surface area contributed by atoms with Crippen molar-refractivity contribution in [3.63, 3.8) is 0 Å². The van der Waals surface area contributed by atoms with E-state index in [1.165, 1.54) is 6.07 Å². The number of aromatic amines is 1. The van der Waals surface area contributed by atoms with Gasteiger partial charge in [0.25, 0.3) is 5.56 Å². The standard InChI is InChI=1S/C13H12Br2N4O/c1-7-5-12(20)17-13(16-7)19-18-8(2)10-4-3-9(14)6-11(10)15/h3-6H,1-2H3,(H2,16,17,19,20)/b18-8-. The topological polar surface area (TPSA) is 70.1 Å². The van der Waals surface area contributed by atoms with Crippen LogP contribution in [0.25, 0.3) is 0 Å². The molecule has 0 spiro atoms. The summed E-state index contributed by atoms with van der Waals surface area (Å²) < 4.78 is 1.92. The number of H-pyrrole nitrogens is 1. The zero-order valence-corrected chi connectivity index (χ0v) is 14.0. The molecule has 0 aliphatic carbocycles. The van der Waals surface area contributed by atoms with Gasteiger partial charge in [0.2, 0.25) is 5.95 Å². The molecule has 0 atom stereocenters. The highest BCUT2D eigenvalue weighted by Crippen LogP contribution is 2.22. The lowest BCUT2D eigenvalue weighted by Gasteiger charge is -2.06. The molecule has 2 aromatic rings. The van der Waals surface area contributed by atoms with Gasteiger partial charge in [-0.25, -0.2) is 10.4 Å². The normalized spacial score (nSPS) is 11.5. The minimum absolute atomic E-state index is 0.210. The Bertz CT molecular complexity index is 725. The number of anilines is 1. The van der Waals surface area contributed by atoms with Crippen LogP contribution in [0.15, 0.2) is 43.1 Å². The molecule has 2 rings (SSSR count). The summed E-state index contributed by atoms with van der Waals surface area (Å²) in [6.45, 7) is 3.62. The molecule has 5 nitrogen and oxygen atoms in total. The fourth-order valence-corrected chi connectivity index (χ4v) is 2.95. The number of rotatable bonds is 3. The van der Waals surface area contributed by atoms with Crippen LogP contribution < -0.4 is 11.0 Å². The molecule has 2 N–H and O–H groups in total. The molecule has 7 heteroatoms. The summed E-state index contributed by atoms with van der Waals surface area (Å²) in [7, 11) is 0. The van der Waals surface area contributed by atoms with Crippen LogP contribution in [0, 0.1) is 6.92 Å². The fraction of sp³-hybridized carbons (Fsp3) is 0.154. The molecule has 1 aromatic heterocycles. The van der Waals surface area contributed by atoms with Crippen LogP contribution in [0.4, 0.5) is 5.95 Å². The number of aromatic nitrogens is 2. The van der Waals surface area contributed by atoms with Gasteiger partial charge in [-0.3, -0.25) is 9.78 Å². The van der Waals surface area contributed by atoms with E-state index in [9.17, 15) is 4.79 Å². The minimum Gasteiger partial charge on any atom is -0.291 e. The molecular formula is C13H12Br2N4O. The van der Waals surface area contributed by atoms with Crippen molar-refractivity contribution in [2.24, 2.45) is 5.10 Å². The Hall–Kier alpha value is -1.47. The number of nitrogens with one attached hydrogen (secondary N) is 2. The third-order valence-electron chi connectivity index (χ3n) is 2.52. The van der Waals surface area contributed by atoms with Crippen molar-refractivity contribution in [1.29, 1.82) is 0 Å². The van der Waals surface area contributed by atoms with Crippen molar-refractivity contribution >= 4 is 43.5 Å². The minimum atomic E-state index is -0.210. The molecule has 20 heavy (non-hydrogen) atoms. The number of hydrogen-bond acceptors (Lipinski definition) is 4. The highest BCUT2D eigenvalue weighted by Gasteiger charge is 2.04. The highest BCUT2D eigenvalue weighted by molar-refractivity contribution is 9.11. The van der Waals surface area contributed by atoms with E-state index in [0.29, 0.717) is 11.6 Å². The molecule has 0 amide bonds. The number of hydrazone groups is 1. The second-order valence-electron chi connectivity index (χ2n) is 4.17. The maximum absolute atomic E-state index is 11.3. The zero-order valence-electron chi connectivity index (χ0n) is 10.9. The van der Waals surface area contributed by atoms with Gasteiger partial charge in [-0.05, 0) is 26.0 Å². The summed E-state index contributed by atoms with van der Waals surface area (Å²) in [5.74, 6) is 0.322. The van der Waals surface area contributed by atoms with E-state index in [-0.39, 0.29) is 5.56 Å². The maximum Gasteiger partial charge on any atom is 0.252 e. The molecule has 0 bridgehead atoms. The summed E-state index contributed by atoms with van der Waals surface area (Å²) in [5, 5.41) is 4.23. The van der Waals surface area contributed by atoms with Crippen molar-refractivity contribution in [2.75, 3.05) is 5.43 Å². The van der Waals surface area contributed by atoms with Gasteiger partial charge in [-0.2, -0.15) is 5.10 Å². The second-order valence-corrected chi connectivity index (χ2v) is 5.94. The lowest BCUT2D eigenvalue weighted by Crippen LogP contribution is -2.11. The van der Waals surface area contributed by atoms with Gasteiger partial charge < -0.3 is 0 Å². The van der Waals surface area contributed by atoms with E-state index in [4.69, 9.17) is 0 Å². The predicted octanol–water partition coefficient (Wildman–Crippen LogP) is 3.44. The quantitative estimate of drug-likeness (QED) is 0.613. The molecule has 0 saturated heterocycles. The summed E-state index contributed by atoms with van der Waals surface area (Å²) in [5.41, 5.74) is 4.90. The van der Waals surface area contributed by atoms with E-state index in [1.54, 1.807) is 6.92 Å². The summed E-state index contributed by atoms with van der Waals surface area (Å²) >= 11 is 6.89. The van der Waals surface area contributed by atoms with Crippen LogP contribution in [0.5, 0.6) is 0 Å². The molecule has 104 valence electrons. The third kappa shape index (κ3) is 3.77. The smallest absolute Gasteiger partial charge is 0.252 e. The predicted molar refractivity (Wildman–Crippen MR) is 87.3 cm³/mol. The van der Waals surface area contributed by atoms with Crippen LogP contribution >= 0.6 is 31.9 Å². The van der Waals surface area contributed by atoms with Gasteiger partial charge in [-0.1, -0.05) is 37.9 Å². The summed E-state index contributed by atoms with van der Waals surface area (Å²) in [4.78, 5) is 18.0. The monoisotopic (exact) mass is 398 g/mol. The van der Waals surface area contributed by atoms with Gasteiger partial charge in [0, 0.05) is 26.3 Å². The Morgan fingerprint density at radius 2 is 2.10 bits per heavy atom. The van der Waals surface area contributed by atoms with Crippen LogP contribution in [-0.4, -0.2) is 15.7 Å². The second kappa shape index (κ2) is 6.32. The third-order valence-corrected chi connectivity index (χ3v) is 3.67. The average Bonchev–Trinajstić information content (AvgIpc) is 2.35. The van der Waals surface area contributed by atoms with Crippen LogP contribution in [0.2, 0.25) is 0 Å².